The first-order chi connectivity index (χ1) is 14.1. The molecule has 0 aromatic heterocycles. The number of carbonyl (C=O) groups excluding carboxylic acids is 1. The lowest BCUT2D eigenvalue weighted by atomic mass is 9.96. The van der Waals surface area contributed by atoms with Gasteiger partial charge in [0.05, 0.1) is 28.2 Å². The lowest BCUT2D eigenvalue weighted by Gasteiger charge is -2.28. The second-order valence-corrected chi connectivity index (χ2v) is 6.82. The van der Waals surface area contributed by atoms with Crippen molar-refractivity contribution in [3.63, 3.8) is 0 Å². The number of nitriles is 1. The van der Waals surface area contributed by atoms with Crippen molar-refractivity contribution >= 4 is 11.6 Å². The van der Waals surface area contributed by atoms with Crippen LogP contribution in [0.2, 0.25) is 0 Å². The van der Waals surface area contributed by atoms with Crippen molar-refractivity contribution in [3.05, 3.63) is 75.3 Å². The highest BCUT2D eigenvalue weighted by Crippen LogP contribution is 2.30. The topological polar surface area (TPSA) is 111 Å². The van der Waals surface area contributed by atoms with E-state index in [1.807, 2.05) is 4.90 Å². The molecule has 0 radical (unpaired) electrons. The van der Waals surface area contributed by atoms with Crippen molar-refractivity contribution in [1.29, 1.82) is 5.26 Å². The number of benzene rings is 2. The van der Waals surface area contributed by atoms with E-state index in [2.05, 4.69) is 16.7 Å². The SMILES string of the molecule is N#Cc1ccc(C(NCCC(=O)N2CCNCC2)c2ccccc2[N+](=O)[O-])cc1. The molecule has 0 aliphatic carbocycles. The van der Waals surface area contributed by atoms with Crippen molar-refractivity contribution in [2.24, 2.45) is 0 Å². The fraction of sp³-hybridized carbons (Fsp3) is 0.333. The Kier molecular flexibility index (Phi) is 6.89. The molecule has 1 aliphatic rings. The van der Waals surface area contributed by atoms with Crippen LogP contribution in [0.4, 0.5) is 5.69 Å². The van der Waals surface area contributed by atoms with E-state index in [9.17, 15) is 14.9 Å². The van der Waals surface area contributed by atoms with E-state index in [1.165, 1.54) is 6.07 Å². The summed E-state index contributed by atoms with van der Waals surface area (Å²) in [6, 6.07) is 15.1. The zero-order valence-electron chi connectivity index (χ0n) is 16.0. The van der Waals surface area contributed by atoms with Gasteiger partial charge in [-0.2, -0.15) is 5.26 Å². The number of nitro benzene ring substituents is 1. The lowest BCUT2D eigenvalue weighted by Crippen LogP contribution is -2.47. The number of hydrogen-bond donors (Lipinski definition) is 2. The molecule has 3 rings (SSSR count). The summed E-state index contributed by atoms with van der Waals surface area (Å²) in [5.41, 5.74) is 1.86. The van der Waals surface area contributed by atoms with Crippen LogP contribution in [0, 0.1) is 21.4 Å². The molecule has 1 aliphatic heterocycles. The number of nitrogens with one attached hydrogen (secondary N) is 2. The highest BCUT2D eigenvalue weighted by molar-refractivity contribution is 5.76. The first kappa shape index (κ1) is 20.5. The molecule has 29 heavy (non-hydrogen) atoms. The molecule has 2 aromatic rings. The molecular weight excluding hydrogens is 370 g/mol. The maximum Gasteiger partial charge on any atom is 0.274 e. The van der Waals surface area contributed by atoms with E-state index in [0.717, 1.165) is 18.7 Å². The largest absolute Gasteiger partial charge is 0.340 e. The number of carbonyl (C=O) groups is 1. The summed E-state index contributed by atoms with van der Waals surface area (Å²) >= 11 is 0. The number of para-hydroxylation sites is 1. The van der Waals surface area contributed by atoms with Gasteiger partial charge < -0.3 is 15.5 Å². The van der Waals surface area contributed by atoms with Crippen LogP contribution in [-0.2, 0) is 4.79 Å². The molecule has 1 saturated heterocycles. The Labute approximate surface area is 169 Å². The molecule has 0 spiro atoms. The minimum atomic E-state index is -0.458. The summed E-state index contributed by atoms with van der Waals surface area (Å²) in [4.78, 5) is 25.4. The molecule has 0 bridgehead atoms. The van der Waals surface area contributed by atoms with E-state index in [1.54, 1.807) is 42.5 Å². The van der Waals surface area contributed by atoms with Gasteiger partial charge >= 0.3 is 0 Å². The maximum atomic E-state index is 12.4. The van der Waals surface area contributed by atoms with Crippen LogP contribution in [-0.4, -0.2) is 48.5 Å². The average Bonchev–Trinajstić information content (AvgIpc) is 2.77. The highest BCUT2D eigenvalue weighted by Gasteiger charge is 2.23. The molecule has 1 atom stereocenters. The first-order valence-corrected chi connectivity index (χ1v) is 9.55. The molecule has 2 N–H and O–H groups in total. The number of nitrogens with zero attached hydrogens (tertiary/aromatic N) is 3. The van der Waals surface area contributed by atoms with Crippen molar-refractivity contribution in [3.8, 4) is 6.07 Å². The molecule has 8 heteroatoms. The summed E-state index contributed by atoms with van der Waals surface area (Å²) in [6.45, 7) is 3.37. The van der Waals surface area contributed by atoms with E-state index < -0.39 is 11.0 Å². The van der Waals surface area contributed by atoms with E-state index in [-0.39, 0.29) is 11.6 Å². The Hall–Kier alpha value is -3.28. The number of hydrogen-bond acceptors (Lipinski definition) is 6. The molecule has 150 valence electrons. The standard InChI is InChI=1S/C21H23N5O3/c22-15-16-5-7-17(8-6-16)21(18-3-1-2-4-19(18)26(28)29)24-10-9-20(27)25-13-11-23-12-14-25/h1-8,21,23-24H,9-14H2. The Balaban J connectivity index is 1.78. The number of piperazine rings is 1. The summed E-state index contributed by atoms with van der Waals surface area (Å²) < 4.78 is 0. The summed E-state index contributed by atoms with van der Waals surface area (Å²) in [6.07, 6.45) is 0.313. The van der Waals surface area contributed by atoms with Gasteiger partial charge in [0.2, 0.25) is 5.91 Å². The van der Waals surface area contributed by atoms with Gasteiger partial charge in [-0.3, -0.25) is 14.9 Å². The highest BCUT2D eigenvalue weighted by atomic mass is 16.6. The Morgan fingerprint density at radius 2 is 1.90 bits per heavy atom. The second kappa shape index (κ2) is 9.78. The number of nitro groups is 1. The van der Waals surface area contributed by atoms with Crippen molar-refractivity contribution in [2.75, 3.05) is 32.7 Å². The third-order valence-electron chi connectivity index (χ3n) is 4.97. The molecule has 1 amide bonds. The molecule has 0 saturated carbocycles. The zero-order chi connectivity index (χ0) is 20.6. The van der Waals surface area contributed by atoms with Crippen LogP contribution in [0.1, 0.15) is 29.2 Å². The second-order valence-electron chi connectivity index (χ2n) is 6.82. The number of rotatable bonds is 7. The van der Waals surface area contributed by atoms with Crippen LogP contribution in [0.5, 0.6) is 0 Å². The Morgan fingerprint density at radius 3 is 2.55 bits per heavy atom. The maximum absolute atomic E-state index is 12.4. The first-order valence-electron chi connectivity index (χ1n) is 9.55. The van der Waals surface area contributed by atoms with Crippen molar-refractivity contribution < 1.29 is 9.72 Å². The Bertz CT molecular complexity index is 901. The fourth-order valence-corrected chi connectivity index (χ4v) is 3.45. The molecule has 2 aromatic carbocycles. The monoisotopic (exact) mass is 393 g/mol. The van der Waals surface area contributed by atoms with Gasteiger partial charge in [0.15, 0.2) is 0 Å². The van der Waals surface area contributed by atoms with Crippen molar-refractivity contribution in [1.82, 2.24) is 15.5 Å². The van der Waals surface area contributed by atoms with Gasteiger partial charge in [-0.05, 0) is 17.7 Å². The average molecular weight is 393 g/mol. The van der Waals surface area contributed by atoms with Gasteiger partial charge in [0.25, 0.3) is 5.69 Å². The van der Waals surface area contributed by atoms with E-state index in [0.29, 0.717) is 37.2 Å². The molecule has 8 nitrogen and oxygen atoms in total. The Morgan fingerprint density at radius 1 is 1.21 bits per heavy atom. The van der Waals surface area contributed by atoms with Crippen molar-refractivity contribution in [2.45, 2.75) is 12.5 Å². The van der Waals surface area contributed by atoms with E-state index >= 15 is 0 Å². The molecule has 1 fully saturated rings. The summed E-state index contributed by atoms with van der Waals surface area (Å²) in [7, 11) is 0. The minimum absolute atomic E-state index is 0.0165. The lowest BCUT2D eigenvalue weighted by molar-refractivity contribution is -0.385. The molecule has 1 heterocycles. The van der Waals surface area contributed by atoms with Crippen LogP contribution >= 0.6 is 0 Å². The minimum Gasteiger partial charge on any atom is -0.340 e. The molecular formula is C21H23N5O3. The fourth-order valence-electron chi connectivity index (χ4n) is 3.45. The van der Waals surface area contributed by atoms with Crippen LogP contribution in [0.15, 0.2) is 48.5 Å². The van der Waals surface area contributed by atoms with E-state index in [4.69, 9.17) is 5.26 Å². The smallest absolute Gasteiger partial charge is 0.274 e. The normalized spacial score (nSPS) is 14.8. The van der Waals surface area contributed by atoms with Crippen LogP contribution < -0.4 is 10.6 Å². The third-order valence-corrected chi connectivity index (χ3v) is 4.97. The van der Waals surface area contributed by atoms with Crippen LogP contribution in [0.25, 0.3) is 0 Å². The predicted octanol–water partition coefficient (Wildman–Crippen LogP) is 1.97. The summed E-state index contributed by atoms with van der Waals surface area (Å²) in [5.74, 6) is 0.0696. The van der Waals surface area contributed by atoms with Gasteiger partial charge in [0, 0.05) is 45.2 Å². The number of amides is 1. The third kappa shape index (κ3) is 5.16. The quantitative estimate of drug-likeness (QED) is 0.549. The van der Waals surface area contributed by atoms with Gasteiger partial charge in [-0.25, -0.2) is 0 Å². The van der Waals surface area contributed by atoms with Gasteiger partial charge in [0.1, 0.15) is 0 Å². The molecule has 1 unspecified atom stereocenters. The van der Waals surface area contributed by atoms with Gasteiger partial charge in [-0.15, -0.1) is 0 Å². The van der Waals surface area contributed by atoms with Gasteiger partial charge in [-0.1, -0.05) is 30.3 Å². The predicted molar refractivity (Wildman–Crippen MR) is 108 cm³/mol. The zero-order valence-corrected chi connectivity index (χ0v) is 16.0. The van der Waals surface area contributed by atoms with Crippen LogP contribution in [0.3, 0.4) is 0 Å². The summed E-state index contributed by atoms with van der Waals surface area (Å²) in [5, 5.41) is 27.1.